The summed E-state index contributed by atoms with van der Waals surface area (Å²) < 4.78 is 10.5. The molecule has 0 bridgehead atoms. The molecule has 0 spiro atoms. The minimum absolute atomic E-state index is 0.523. The lowest BCUT2D eigenvalue weighted by Gasteiger charge is -2.08. The van der Waals surface area contributed by atoms with Gasteiger partial charge in [0.2, 0.25) is 5.88 Å². The number of nitrogens with zero attached hydrogens (tertiary/aromatic N) is 1. The fourth-order valence-electron chi connectivity index (χ4n) is 1.67. The normalized spacial score (nSPS) is 9.85. The molecular weight excluding hydrogens is 252 g/mol. The van der Waals surface area contributed by atoms with Crippen LogP contribution in [0.2, 0.25) is 0 Å². The van der Waals surface area contributed by atoms with Gasteiger partial charge in [-0.3, -0.25) is 0 Å². The van der Waals surface area contributed by atoms with Gasteiger partial charge in [-0.15, -0.1) is 0 Å². The molecule has 20 heavy (non-hydrogen) atoms. The van der Waals surface area contributed by atoms with Gasteiger partial charge < -0.3 is 14.8 Å². The van der Waals surface area contributed by atoms with Crippen molar-refractivity contribution in [3.8, 4) is 11.6 Å². The van der Waals surface area contributed by atoms with Crippen LogP contribution < -0.4 is 14.8 Å². The second-order valence-corrected chi connectivity index (χ2v) is 4.19. The number of pyridine rings is 1. The number of aromatic nitrogens is 1. The quantitative estimate of drug-likeness (QED) is 0.784. The van der Waals surface area contributed by atoms with Crippen molar-refractivity contribution in [1.29, 1.82) is 0 Å². The van der Waals surface area contributed by atoms with E-state index in [-0.39, 0.29) is 0 Å². The molecule has 1 aromatic heterocycles. The van der Waals surface area contributed by atoms with Crippen molar-refractivity contribution in [3.63, 3.8) is 0 Å². The molecule has 0 radical (unpaired) electrons. The predicted octanol–water partition coefficient (Wildman–Crippen LogP) is 3.27. The molecule has 0 amide bonds. The Balaban J connectivity index is 1.87. The Morgan fingerprint density at radius 1 is 1.20 bits per heavy atom. The Labute approximate surface area is 119 Å². The van der Waals surface area contributed by atoms with Crippen molar-refractivity contribution in [2.45, 2.75) is 6.54 Å². The number of ether oxygens (including phenoxy) is 2. The number of benzene rings is 1. The number of hydrogen-bond donors (Lipinski definition) is 1. The Morgan fingerprint density at radius 2 is 2.00 bits per heavy atom. The molecule has 0 atom stereocenters. The summed E-state index contributed by atoms with van der Waals surface area (Å²) in [5.41, 5.74) is 2.13. The van der Waals surface area contributed by atoms with Crippen LogP contribution in [0.1, 0.15) is 5.56 Å². The highest BCUT2D eigenvalue weighted by molar-refractivity contribution is 5.43. The molecule has 104 valence electrons. The Bertz CT molecular complexity index is 535. The van der Waals surface area contributed by atoms with E-state index in [1.807, 2.05) is 36.4 Å². The zero-order chi connectivity index (χ0) is 14.2. The van der Waals surface area contributed by atoms with Crippen molar-refractivity contribution < 1.29 is 9.47 Å². The molecule has 1 aromatic carbocycles. The summed E-state index contributed by atoms with van der Waals surface area (Å²) in [6, 6.07) is 11.7. The molecule has 0 saturated heterocycles. The molecule has 0 unspecified atom stereocenters. The second-order valence-electron chi connectivity index (χ2n) is 4.19. The van der Waals surface area contributed by atoms with Crippen molar-refractivity contribution in [3.05, 3.63) is 60.8 Å². The van der Waals surface area contributed by atoms with Gasteiger partial charge in [0.15, 0.2) is 0 Å². The molecule has 4 nitrogen and oxygen atoms in total. The first-order valence-electron chi connectivity index (χ1n) is 6.38. The van der Waals surface area contributed by atoms with E-state index in [4.69, 9.17) is 9.47 Å². The largest absolute Gasteiger partial charge is 0.490 e. The average molecular weight is 270 g/mol. The lowest BCUT2D eigenvalue weighted by Crippen LogP contribution is -2.00. The van der Waals surface area contributed by atoms with Gasteiger partial charge in [0.05, 0.1) is 19.0 Å². The first-order valence-corrected chi connectivity index (χ1v) is 6.38. The smallest absolute Gasteiger partial charge is 0.213 e. The number of rotatable bonds is 7. The number of hydrogen-bond acceptors (Lipinski definition) is 4. The van der Waals surface area contributed by atoms with Gasteiger partial charge in [0.1, 0.15) is 12.4 Å². The van der Waals surface area contributed by atoms with Crippen LogP contribution in [0.15, 0.2) is 55.3 Å². The summed E-state index contributed by atoms with van der Waals surface area (Å²) in [5.74, 6) is 1.46. The zero-order valence-corrected chi connectivity index (χ0v) is 11.5. The van der Waals surface area contributed by atoms with E-state index in [1.165, 1.54) is 5.56 Å². The second kappa shape index (κ2) is 7.19. The van der Waals surface area contributed by atoms with Gasteiger partial charge >= 0.3 is 0 Å². The third kappa shape index (κ3) is 4.02. The van der Waals surface area contributed by atoms with Crippen LogP contribution in [0.25, 0.3) is 0 Å². The lowest BCUT2D eigenvalue weighted by molar-refractivity contribution is 0.363. The minimum atomic E-state index is 0.523. The molecule has 0 aliphatic heterocycles. The van der Waals surface area contributed by atoms with Crippen LogP contribution in [-0.2, 0) is 6.54 Å². The maximum absolute atomic E-state index is 5.44. The van der Waals surface area contributed by atoms with E-state index in [0.29, 0.717) is 12.5 Å². The molecule has 4 heteroatoms. The summed E-state index contributed by atoms with van der Waals surface area (Å²) in [5, 5.41) is 3.30. The molecule has 2 aromatic rings. The predicted molar refractivity (Wildman–Crippen MR) is 80.2 cm³/mol. The Morgan fingerprint density at radius 3 is 2.60 bits per heavy atom. The summed E-state index contributed by atoms with van der Waals surface area (Å²) in [6.07, 6.45) is 3.48. The van der Waals surface area contributed by atoms with E-state index in [1.54, 1.807) is 19.4 Å². The molecular formula is C16H18N2O2. The SMILES string of the molecule is C=CCOc1ccc(CNc2ccc(OC)nc2)cc1. The molecule has 0 aliphatic carbocycles. The van der Waals surface area contributed by atoms with Crippen LogP contribution in [-0.4, -0.2) is 18.7 Å². The fraction of sp³-hybridized carbons (Fsp3) is 0.188. The third-order valence-electron chi connectivity index (χ3n) is 2.73. The minimum Gasteiger partial charge on any atom is -0.490 e. The van der Waals surface area contributed by atoms with Crippen LogP contribution in [0, 0.1) is 0 Å². The highest BCUT2D eigenvalue weighted by Crippen LogP contribution is 2.15. The Kier molecular flexibility index (Phi) is 5.00. The van der Waals surface area contributed by atoms with Crippen molar-refractivity contribution in [2.75, 3.05) is 19.0 Å². The summed E-state index contributed by atoms with van der Waals surface area (Å²) in [7, 11) is 1.60. The number of nitrogens with one attached hydrogen (secondary N) is 1. The number of anilines is 1. The molecule has 1 heterocycles. The first kappa shape index (κ1) is 13.9. The van der Waals surface area contributed by atoms with Gasteiger partial charge in [-0.05, 0) is 23.8 Å². The zero-order valence-electron chi connectivity index (χ0n) is 11.5. The van der Waals surface area contributed by atoms with E-state index >= 15 is 0 Å². The van der Waals surface area contributed by atoms with Crippen molar-refractivity contribution in [2.24, 2.45) is 0 Å². The van der Waals surface area contributed by atoms with E-state index in [0.717, 1.165) is 18.0 Å². The van der Waals surface area contributed by atoms with Crippen LogP contribution >= 0.6 is 0 Å². The van der Waals surface area contributed by atoms with E-state index in [9.17, 15) is 0 Å². The maximum Gasteiger partial charge on any atom is 0.213 e. The molecule has 0 aliphatic rings. The highest BCUT2D eigenvalue weighted by Gasteiger charge is 1.97. The van der Waals surface area contributed by atoms with Crippen LogP contribution in [0.3, 0.4) is 0 Å². The molecule has 1 N–H and O–H groups in total. The number of methoxy groups -OCH3 is 1. The van der Waals surface area contributed by atoms with E-state index < -0.39 is 0 Å². The highest BCUT2D eigenvalue weighted by atomic mass is 16.5. The summed E-state index contributed by atoms with van der Waals surface area (Å²) >= 11 is 0. The topological polar surface area (TPSA) is 43.4 Å². The van der Waals surface area contributed by atoms with Crippen LogP contribution in [0.5, 0.6) is 11.6 Å². The van der Waals surface area contributed by atoms with Crippen LogP contribution in [0.4, 0.5) is 5.69 Å². The maximum atomic E-state index is 5.44. The first-order chi connectivity index (χ1) is 9.81. The van der Waals surface area contributed by atoms with Gasteiger partial charge in [-0.25, -0.2) is 4.98 Å². The van der Waals surface area contributed by atoms with Gasteiger partial charge in [0.25, 0.3) is 0 Å². The van der Waals surface area contributed by atoms with Crippen molar-refractivity contribution in [1.82, 2.24) is 4.98 Å². The van der Waals surface area contributed by atoms with Crippen molar-refractivity contribution >= 4 is 5.69 Å². The molecule has 0 saturated carbocycles. The molecule has 0 fully saturated rings. The summed E-state index contributed by atoms with van der Waals surface area (Å²) in [6.45, 7) is 4.87. The van der Waals surface area contributed by atoms with Gasteiger partial charge in [0, 0.05) is 12.6 Å². The molecule has 2 rings (SSSR count). The standard InChI is InChI=1S/C16H18N2O2/c1-3-10-20-15-7-4-13(5-8-15)11-17-14-6-9-16(19-2)18-12-14/h3-9,12,17H,1,10-11H2,2H3. The van der Waals surface area contributed by atoms with Gasteiger partial charge in [-0.2, -0.15) is 0 Å². The van der Waals surface area contributed by atoms with Gasteiger partial charge in [-0.1, -0.05) is 24.8 Å². The fourth-order valence-corrected chi connectivity index (χ4v) is 1.67. The summed E-state index contributed by atoms with van der Waals surface area (Å²) in [4.78, 5) is 4.14. The third-order valence-corrected chi connectivity index (χ3v) is 2.73. The Hall–Kier alpha value is -2.49. The monoisotopic (exact) mass is 270 g/mol. The average Bonchev–Trinajstić information content (AvgIpc) is 2.52. The van der Waals surface area contributed by atoms with E-state index in [2.05, 4.69) is 16.9 Å². The lowest BCUT2D eigenvalue weighted by atomic mass is 10.2.